The lowest BCUT2D eigenvalue weighted by molar-refractivity contribution is 0.860. The molecule has 0 fully saturated rings. The minimum Gasteiger partial charge on any atom is -0.398 e. The molecule has 2 nitrogen and oxygen atoms in total. The smallest absolute Gasteiger partial charge is 0.0349 e. The summed E-state index contributed by atoms with van der Waals surface area (Å²) in [7, 11) is 0. The van der Waals surface area contributed by atoms with Crippen molar-refractivity contribution in [2.24, 2.45) is 5.73 Å². The Morgan fingerprint density at radius 1 is 1.31 bits per heavy atom. The van der Waals surface area contributed by atoms with E-state index in [0.717, 1.165) is 16.8 Å². The number of nitrogen functional groups attached to an aromatic ring is 1. The zero-order valence-corrected chi connectivity index (χ0v) is 8.59. The van der Waals surface area contributed by atoms with E-state index in [4.69, 9.17) is 11.5 Å². The molecule has 0 aliphatic heterocycles. The van der Waals surface area contributed by atoms with Gasteiger partial charge in [0.1, 0.15) is 0 Å². The minimum absolute atomic E-state index is 0.508. The van der Waals surface area contributed by atoms with Gasteiger partial charge in [0.25, 0.3) is 0 Å². The van der Waals surface area contributed by atoms with Crippen LogP contribution >= 0.6 is 0 Å². The Bertz CT molecular complexity index is 303. The first-order valence-corrected chi connectivity index (χ1v) is 4.65. The van der Waals surface area contributed by atoms with Crippen molar-refractivity contribution in [2.45, 2.75) is 33.2 Å². The maximum atomic E-state index is 5.88. The monoisotopic (exact) mass is 178 g/mol. The normalized spacial score (nSPS) is 10.8. The van der Waals surface area contributed by atoms with E-state index in [1.807, 2.05) is 13.0 Å². The van der Waals surface area contributed by atoms with Crippen LogP contribution in [0.1, 0.15) is 36.5 Å². The SMILES string of the molecule is Cc1c(N)cc(C(C)C)cc1CN. The van der Waals surface area contributed by atoms with Crippen LogP contribution in [0.3, 0.4) is 0 Å². The Hall–Kier alpha value is -1.02. The molecule has 2 heteroatoms. The molecule has 0 heterocycles. The number of nitrogens with two attached hydrogens (primary N) is 2. The lowest BCUT2D eigenvalue weighted by atomic mass is 9.96. The second-order valence-electron chi connectivity index (χ2n) is 3.75. The summed E-state index contributed by atoms with van der Waals surface area (Å²) in [5.74, 6) is 0.508. The van der Waals surface area contributed by atoms with Gasteiger partial charge in [-0.15, -0.1) is 0 Å². The van der Waals surface area contributed by atoms with E-state index in [1.165, 1.54) is 5.56 Å². The van der Waals surface area contributed by atoms with E-state index < -0.39 is 0 Å². The van der Waals surface area contributed by atoms with E-state index in [0.29, 0.717) is 12.5 Å². The van der Waals surface area contributed by atoms with Crippen LogP contribution in [0.25, 0.3) is 0 Å². The molecule has 0 aliphatic carbocycles. The van der Waals surface area contributed by atoms with Crippen LogP contribution in [0, 0.1) is 6.92 Å². The summed E-state index contributed by atoms with van der Waals surface area (Å²) in [4.78, 5) is 0. The number of anilines is 1. The van der Waals surface area contributed by atoms with Crippen molar-refractivity contribution in [1.29, 1.82) is 0 Å². The number of hydrogen-bond acceptors (Lipinski definition) is 2. The van der Waals surface area contributed by atoms with Crippen LogP contribution in [0.4, 0.5) is 5.69 Å². The molecule has 0 aliphatic rings. The Kier molecular flexibility index (Phi) is 2.94. The van der Waals surface area contributed by atoms with Crippen LogP contribution in [0.5, 0.6) is 0 Å². The summed E-state index contributed by atoms with van der Waals surface area (Å²) in [5.41, 5.74) is 15.9. The van der Waals surface area contributed by atoms with Gasteiger partial charge in [0.2, 0.25) is 0 Å². The standard InChI is InChI=1S/C11H18N2/c1-7(2)9-4-10(6-12)8(3)11(13)5-9/h4-5,7H,6,12-13H2,1-3H3. The third-order valence-electron chi connectivity index (χ3n) is 2.46. The van der Waals surface area contributed by atoms with Gasteiger partial charge in [-0.3, -0.25) is 0 Å². The molecule has 0 unspecified atom stereocenters. The van der Waals surface area contributed by atoms with Gasteiger partial charge in [-0.25, -0.2) is 0 Å². The zero-order chi connectivity index (χ0) is 10.0. The summed E-state index contributed by atoms with van der Waals surface area (Å²) < 4.78 is 0. The first-order valence-electron chi connectivity index (χ1n) is 4.65. The molecular formula is C11H18N2. The lowest BCUT2D eigenvalue weighted by Crippen LogP contribution is -2.04. The molecular weight excluding hydrogens is 160 g/mol. The van der Waals surface area contributed by atoms with Crippen LogP contribution in [0.15, 0.2) is 12.1 Å². The Morgan fingerprint density at radius 2 is 1.92 bits per heavy atom. The lowest BCUT2D eigenvalue weighted by Gasteiger charge is -2.12. The molecule has 13 heavy (non-hydrogen) atoms. The van der Waals surface area contributed by atoms with E-state index in [1.54, 1.807) is 0 Å². The molecule has 4 N–H and O–H groups in total. The van der Waals surface area contributed by atoms with Crippen molar-refractivity contribution < 1.29 is 0 Å². The highest BCUT2D eigenvalue weighted by molar-refractivity contribution is 5.53. The summed E-state index contributed by atoms with van der Waals surface area (Å²) >= 11 is 0. The second-order valence-corrected chi connectivity index (χ2v) is 3.75. The molecule has 0 bridgehead atoms. The minimum atomic E-state index is 0.508. The molecule has 0 aromatic heterocycles. The van der Waals surface area contributed by atoms with Crippen LogP contribution in [-0.4, -0.2) is 0 Å². The Labute approximate surface area is 79.9 Å². The molecule has 1 aromatic carbocycles. The second kappa shape index (κ2) is 3.79. The summed E-state index contributed by atoms with van der Waals surface area (Å²) in [6, 6.07) is 4.19. The van der Waals surface area contributed by atoms with Crippen LogP contribution < -0.4 is 11.5 Å². The van der Waals surface area contributed by atoms with Gasteiger partial charge in [0, 0.05) is 12.2 Å². The van der Waals surface area contributed by atoms with Gasteiger partial charge in [-0.05, 0) is 35.6 Å². The molecule has 72 valence electrons. The van der Waals surface area contributed by atoms with Crippen molar-refractivity contribution in [3.63, 3.8) is 0 Å². The van der Waals surface area contributed by atoms with Gasteiger partial charge >= 0.3 is 0 Å². The van der Waals surface area contributed by atoms with Crippen LogP contribution in [0.2, 0.25) is 0 Å². The van der Waals surface area contributed by atoms with Gasteiger partial charge in [-0.1, -0.05) is 19.9 Å². The highest BCUT2D eigenvalue weighted by atomic mass is 14.6. The predicted octanol–water partition coefficient (Wildman–Crippen LogP) is 2.16. The first-order chi connectivity index (χ1) is 6.06. The van der Waals surface area contributed by atoms with Crippen molar-refractivity contribution >= 4 is 5.69 Å². The van der Waals surface area contributed by atoms with Crippen LogP contribution in [-0.2, 0) is 6.54 Å². The zero-order valence-electron chi connectivity index (χ0n) is 8.59. The Morgan fingerprint density at radius 3 is 2.38 bits per heavy atom. The predicted molar refractivity (Wildman–Crippen MR) is 57.6 cm³/mol. The first kappa shape index (κ1) is 10.1. The van der Waals surface area contributed by atoms with Crippen molar-refractivity contribution in [1.82, 2.24) is 0 Å². The third-order valence-corrected chi connectivity index (χ3v) is 2.46. The van der Waals surface area contributed by atoms with E-state index in [-0.39, 0.29) is 0 Å². The van der Waals surface area contributed by atoms with Crippen molar-refractivity contribution in [3.8, 4) is 0 Å². The molecule has 0 radical (unpaired) electrons. The van der Waals surface area contributed by atoms with Crippen molar-refractivity contribution in [3.05, 3.63) is 28.8 Å². The summed E-state index contributed by atoms with van der Waals surface area (Å²) in [5, 5.41) is 0. The van der Waals surface area contributed by atoms with Crippen molar-refractivity contribution in [2.75, 3.05) is 5.73 Å². The van der Waals surface area contributed by atoms with E-state index in [2.05, 4.69) is 19.9 Å². The molecule has 0 atom stereocenters. The average Bonchev–Trinajstić information content (AvgIpc) is 2.09. The maximum absolute atomic E-state index is 5.88. The summed E-state index contributed by atoms with van der Waals surface area (Å²) in [6.45, 7) is 6.90. The number of benzene rings is 1. The molecule has 0 saturated heterocycles. The average molecular weight is 178 g/mol. The van der Waals surface area contributed by atoms with Gasteiger partial charge in [-0.2, -0.15) is 0 Å². The molecule has 1 aromatic rings. The van der Waals surface area contributed by atoms with Gasteiger partial charge < -0.3 is 11.5 Å². The highest BCUT2D eigenvalue weighted by Gasteiger charge is 2.05. The Balaban J connectivity index is 3.22. The fourth-order valence-electron chi connectivity index (χ4n) is 1.37. The number of hydrogen-bond donors (Lipinski definition) is 2. The topological polar surface area (TPSA) is 52.0 Å². The quantitative estimate of drug-likeness (QED) is 0.682. The highest BCUT2D eigenvalue weighted by Crippen LogP contribution is 2.23. The van der Waals surface area contributed by atoms with Gasteiger partial charge in [0.15, 0.2) is 0 Å². The molecule has 0 spiro atoms. The maximum Gasteiger partial charge on any atom is 0.0349 e. The fraction of sp³-hybridized carbons (Fsp3) is 0.455. The molecule has 1 rings (SSSR count). The van der Waals surface area contributed by atoms with E-state index in [9.17, 15) is 0 Å². The third kappa shape index (κ3) is 2.01. The largest absolute Gasteiger partial charge is 0.398 e. The van der Waals surface area contributed by atoms with Gasteiger partial charge in [0.05, 0.1) is 0 Å². The number of rotatable bonds is 2. The molecule has 0 amide bonds. The molecule has 0 saturated carbocycles. The fourth-order valence-corrected chi connectivity index (χ4v) is 1.37. The summed E-state index contributed by atoms with van der Waals surface area (Å²) in [6.07, 6.45) is 0. The van der Waals surface area contributed by atoms with E-state index >= 15 is 0 Å².